The topological polar surface area (TPSA) is 85.8 Å². The third-order valence-electron chi connectivity index (χ3n) is 2.76. The van der Waals surface area contributed by atoms with Gasteiger partial charge in [0.1, 0.15) is 12.3 Å². The maximum atomic E-state index is 11.9. The van der Waals surface area contributed by atoms with E-state index in [0.29, 0.717) is 11.6 Å². The lowest BCUT2D eigenvalue weighted by Crippen LogP contribution is -2.20. The number of aromatic nitrogens is 4. The summed E-state index contributed by atoms with van der Waals surface area (Å²) in [6, 6.07) is 12.8. The summed E-state index contributed by atoms with van der Waals surface area (Å²) in [6.07, 6.45) is 0. The van der Waals surface area contributed by atoms with Crippen molar-refractivity contribution in [2.24, 2.45) is 0 Å². The molecule has 1 amide bonds. The number of carbonyl (C=O) groups is 1. The molecule has 0 aliphatic rings. The molecule has 0 unspecified atom stereocenters. The summed E-state index contributed by atoms with van der Waals surface area (Å²) >= 11 is 0. The second-order valence-corrected chi connectivity index (χ2v) is 4.47. The van der Waals surface area contributed by atoms with Crippen molar-refractivity contribution >= 4 is 11.6 Å². The van der Waals surface area contributed by atoms with Crippen molar-refractivity contribution in [3.63, 3.8) is 0 Å². The second kappa shape index (κ2) is 5.58. The Morgan fingerprint density at radius 1 is 1.24 bits per heavy atom. The average Bonchev–Trinajstić information content (AvgIpc) is 3.09. The fourth-order valence-electron chi connectivity index (χ4n) is 1.81. The molecule has 0 bridgehead atoms. The molecule has 7 heteroatoms. The van der Waals surface area contributed by atoms with Crippen LogP contribution in [0.25, 0.3) is 11.6 Å². The largest absolute Gasteiger partial charge is 0.458 e. The van der Waals surface area contributed by atoms with Gasteiger partial charge in [-0.1, -0.05) is 18.2 Å². The lowest BCUT2D eigenvalue weighted by molar-refractivity contribution is -0.117. The fourth-order valence-corrected chi connectivity index (χ4v) is 1.81. The number of hydrogen-bond acceptors (Lipinski definition) is 5. The Morgan fingerprint density at radius 2 is 2.05 bits per heavy atom. The summed E-state index contributed by atoms with van der Waals surface area (Å²) < 4.78 is 5.40. The van der Waals surface area contributed by atoms with Crippen LogP contribution in [0.15, 0.2) is 46.9 Å². The van der Waals surface area contributed by atoms with E-state index in [0.717, 1.165) is 11.4 Å². The minimum Gasteiger partial charge on any atom is -0.458 e. The second-order valence-electron chi connectivity index (χ2n) is 4.47. The summed E-state index contributed by atoms with van der Waals surface area (Å²) in [7, 11) is 0. The zero-order chi connectivity index (χ0) is 14.7. The van der Waals surface area contributed by atoms with Gasteiger partial charge in [-0.05, 0) is 36.4 Å². The molecular formula is C14H13N5O2. The van der Waals surface area contributed by atoms with Crippen LogP contribution >= 0.6 is 0 Å². The number of hydrogen-bond donors (Lipinski definition) is 1. The number of nitrogens with zero attached hydrogens (tertiary/aromatic N) is 4. The first-order chi connectivity index (χ1) is 10.2. The standard InChI is InChI=1S/C14H13N5O2/c1-10-7-8-12(21-10)14-16-18-19(17-14)9-13(20)15-11-5-3-2-4-6-11/h2-8H,9H2,1H3,(H,15,20). The first-order valence-corrected chi connectivity index (χ1v) is 6.40. The smallest absolute Gasteiger partial charge is 0.248 e. The molecule has 0 atom stereocenters. The number of nitrogens with one attached hydrogen (secondary N) is 1. The number of furan rings is 1. The van der Waals surface area contributed by atoms with Gasteiger partial charge in [0.05, 0.1) is 0 Å². The number of carbonyl (C=O) groups excluding carboxylic acids is 1. The highest BCUT2D eigenvalue weighted by molar-refractivity contribution is 5.90. The molecule has 0 fully saturated rings. The third-order valence-corrected chi connectivity index (χ3v) is 2.76. The van der Waals surface area contributed by atoms with Gasteiger partial charge in [-0.15, -0.1) is 10.2 Å². The summed E-state index contributed by atoms with van der Waals surface area (Å²) in [4.78, 5) is 13.1. The molecule has 0 aliphatic carbocycles. The highest BCUT2D eigenvalue weighted by Crippen LogP contribution is 2.16. The Balaban J connectivity index is 1.66. The molecular weight excluding hydrogens is 270 g/mol. The fraction of sp³-hybridized carbons (Fsp3) is 0.143. The number of rotatable bonds is 4. The van der Waals surface area contributed by atoms with E-state index >= 15 is 0 Å². The molecule has 2 aromatic heterocycles. The van der Waals surface area contributed by atoms with Gasteiger partial charge in [0, 0.05) is 5.69 Å². The molecule has 0 saturated carbocycles. The summed E-state index contributed by atoms with van der Waals surface area (Å²) in [5, 5.41) is 14.6. The maximum absolute atomic E-state index is 11.9. The van der Waals surface area contributed by atoms with Gasteiger partial charge in [-0.2, -0.15) is 4.80 Å². The van der Waals surface area contributed by atoms with Crippen molar-refractivity contribution in [3.8, 4) is 11.6 Å². The van der Waals surface area contributed by atoms with Crippen LogP contribution in [0.5, 0.6) is 0 Å². The predicted molar refractivity (Wildman–Crippen MR) is 75.3 cm³/mol. The quantitative estimate of drug-likeness (QED) is 0.790. The Hall–Kier alpha value is -2.96. The molecule has 3 aromatic rings. The monoisotopic (exact) mass is 283 g/mol. The van der Waals surface area contributed by atoms with Gasteiger partial charge < -0.3 is 9.73 Å². The molecule has 1 N–H and O–H groups in total. The van der Waals surface area contributed by atoms with Gasteiger partial charge in [0.25, 0.3) is 0 Å². The summed E-state index contributed by atoms with van der Waals surface area (Å²) in [5.41, 5.74) is 0.726. The van der Waals surface area contributed by atoms with Crippen molar-refractivity contribution in [2.75, 3.05) is 5.32 Å². The van der Waals surface area contributed by atoms with E-state index in [1.54, 1.807) is 6.07 Å². The Bertz CT molecular complexity index is 748. The summed E-state index contributed by atoms with van der Waals surface area (Å²) in [5.74, 6) is 1.43. The number of para-hydroxylation sites is 1. The van der Waals surface area contributed by atoms with Crippen molar-refractivity contribution in [3.05, 3.63) is 48.2 Å². The molecule has 106 valence electrons. The molecule has 3 rings (SSSR count). The van der Waals surface area contributed by atoms with E-state index in [1.807, 2.05) is 43.3 Å². The number of tetrazole rings is 1. The average molecular weight is 283 g/mol. The molecule has 0 spiro atoms. The first-order valence-electron chi connectivity index (χ1n) is 6.40. The first kappa shape index (κ1) is 13.0. The van der Waals surface area contributed by atoms with Crippen LogP contribution < -0.4 is 5.32 Å². The highest BCUT2D eigenvalue weighted by Gasteiger charge is 2.11. The lowest BCUT2D eigenvalue weighted by atomic mass is 10.3. The lowest BCUT2D eigenvalue weighted by Gasteiger charge is -2.03. The summed E-state index contributed by atoms with van der Waals surface area (Å²) in [6.45, 7) is 1.82. The van der Waals surface area contributed by atoms with Crippen molar-refractivity contribution < 1.29 is 9.21 Å². The van der Waals surface area contributed by atoms with Gasteiger partial charge in [-0.25, -0.2) is 0 Å². The molecule has 0 radical (unpaired) electrons. The number of amides is 1. The normalized spacial score (nSPS) is 10.5. The van der Waals surface area contributed by atoms with Gasteiger partial charge in [0.15, 0.2) is 5.76 Å². The molecule has 21 heavy (non-hydrogen) atoms. The zero-order valence-electron chi connectivity index (χ0n) is 11.4. The number of benzene rings is 1. The van der Waals surface area contributed by atoms with Gasteiger partial charge in [0.2, 0.25) is 11.7 Å². The zero-order valence-corrected chi connectivity index (χ0v) is 11.4. The van der Waals surface area contributed by atoms with Crippen LogP contribution in [0.1, 0.15) is 5.76 Å². The Morgan fingerprint density at radius 3 is 2.76 bits per heavy atom. The van der Waals surface area contributed by atoms with E-state index in [-0.39, 0.29) is 12.5 Å². The Kier molecular flexibility index (Phi) is 3.46. The maximum Gasteiger partial charge on any atom is 0.248 e. The van der Waals surface area contributed by atoms with E-state index in [1.165, 1.54) is 4.80 Å². The number of aryl methyl sites for hydroxylation is 1. The van der Waals surface area contributed by atoms with Crippen LogP contribution in [-0.2, 0) is 11.3 Å². The van der Waals surface area contributed by atoms with Crippen molar-refractivity contribution in [2.45, 2.75) is 13.5 Å². The minimum absolute atomic E-state index is 0.0123. The Labute approximate surface area is 120 Å². The SMILES string of the molecule is Cc1ccc(-c2nnn(CC(=O)Nc3ccccc3)n2)o1. The van der Waals surface area contributed by atoms with Crippen LogP contribution in [-0.4, -0.2) is 26.1 Å². The van der Waals surface area contributed by atoms with Gasteiger partial charge >= 0.3 is 0 Å². The van der Waals surface area contributed by atoms with Crippen LogP contribution in [0.3, 0.4) is 0 Å². The van der Waals surface area contributed by atoms with Gasteiger partial charge in [-0.3, -0.25) is 4.79 Å². The molecule has 2 heterocycles. The van der Waals surface area contributed by atoms with Crippen molar-refractivity contribution in [1.82, 2.24) is 20.2 Å². The third kappa shape index (κ3) is 3.14. The van der Waals surface area contributed by atoms with Crippen LogP contribution in [0, 0.1) is 6.92 Å². The van der Waals surface area contributed by atoms with Crippen LogP contribution in [0.2, 0.25) is 0 Å². The van der Waals surface area contributed by atoms with E-state index < -0.39 is 0 Å². The predicted octanol–water partition coefficient (Wildman–Crippen LogP) is 1.88. The van der Waals surface area contributed by atoms with E-state index in [9.17, 15) is 4.79 Å². The van der Waals surface area contributed by atoms with Crippen LogP contribution in [0.4, 0.5) is 5.69 Å². The number of anilines is 1. The molecule has 0 saturated heterocycles. The van der Waals surface area contributed by atoms with E-state index in [2.05, 4.69) is 20.7 Å². The molecule has 1 aromatic carbocycles. The molecule has 7 nitrogen and oxygen atoms in total. The van der Waals surface area contributed by atoms with E-state index in [4.69, 9.17) is 4.42 Å². The van der Waals surface area contributed by atoms with Crippen molar-refractivity contribution in [1.29, 1.82) is 0 Å². The minimum atomic E-state index is -0.222. The highest BCUT2D eigenvalue weighted by atomic mass is 16.3. The molecule has 0 aliphatic heterocycles.